The second-order valence-electron chi connectivity index (χ2n) is 5.90. The number of carbonyl (C=O) groups is 3. The van der Waals surface area contributed by atoms with Crippen molar-refractivity contribution in [3.05, 3.63) is 59.7 Å². The lowest BCUT2D eigenvalue weighted by Crippen LogP contribution is -2.33. The molecule has 0 saturated carbocycles. The van der Waals surface area contributed by atoms with E-state index in [0.717, 1.165) is 0 Å². The predicted molar refractivity (Wildman–Crippen MR) is 105 cm³/mol. The van der Waals surface area contributed by atoms with Gasteiger partial charge < -0.3 is 15.0 Å². The van der Waals surface area contributed by atoms with E-state index < -0.39 is 5.97 Å². The minimum atomic E-state index is -0.526. The average Bonchev–Trinajstić information content (AvgIpc) is 2.68. The maximum atomic E-state index is 12.3. The largest absolute Gasteiger partial charge is 0.462 e. The Morgan fingerprint density at radius 3 is 2.57 bits per heavy atom. The molecule has 28 heavy (non-hydrogen) atoms. The Labute approximate surface area is 163 Å². The third-order valence-electron chi connectivity index (χ3n) is 3.91. The number of esters is 1. The molecule has 7 nitrogen and oxygen atoms in total. The molecule has 1 N–H and O–H groups in total. The Morgan fingerprint density at radius 2 is 1.89 bits per heavy atom. The van der Waals surface area contributed by atoms with E-state index in [-0.39, 0.29) is 37.0 Å². The van der Waals surface area contributed by atoms with Crippen LogP contribution in [0.1, 0.15) is 36.2 Å². The first-order valence-electron chi connectivity index (χ1n) is 8.80. The van der Waals surface area contributed by atoms with Crippen molar-refractivity contribution in [1.29, 1.82) is 5.26 Å². The number of nitriles is 1. The molecular weight excluding hydrogens is 358 g/mol. The van der Waals surface area contributed by atoms with Crippen LogP contribution in [0.25, 0.3) is 0 Å². The van der Waals surface area contributed by atoms with Crippen LogP contribution in [0.5, 0.6) is 0 Å². The van der Waals surface area contributed by atoms with Crippen LogP contribution in [0.3, 0.4) is 0 Å². The van der Waals surface area contributed by atoms with Gasteiger partial charge in [0.2, 0.25) is 11.8 Å². The quantitative estimate of drug-likeness (QED) is 0.745. The van der Waals surface area contributed by atoms with E-state index in [4.69, 9.17) is 10.00 Å². The highest BCUT2D eigenvalue weighted by atomic mass is 16.5. The summed E-state index contributed by atoms with van der Waals surface area (Å²) in [5, 5.41) is 11.6. The van der Waals surface area contributed by atoms with Crippen LogP contribution in [0.4, 0.5) is 11.4 Å². The van der Waals surface area contributed by atoms with Crippen molar-refractivity contribution >= 4 is 29.2 Å². The third-order valence-corrected chi connectivity index (χ3v) is 3.91. The van der Waals surface area contributed by atoms with Crippen LogP contribution < -0.4 is 10.2 Å². The van der Waals surface area contributed by atoms with Crippen LogP contribution in [0, 0.1) is 11.3 Å². The van der Waals surface area contributed by atoms with Crippen molar-refractivity contribution in [2.75, 3.05) is 23.4 Å². The van der Waals surface area contributed by atoms with E-state index in [1.807, 2.05) is 6.07 Å². The summed E-state index contributed by atoms with van der Waals surface area (Å²) in [5.74, 6) is -1.13. The molecule has 7 heteroatoms. The molecule has 0 aromatic heterocycles. The zero-order valence-electron chi connectivity index (χ0n) is 15.8. The number of amides is 2. The van der Waals surface area contributed by atoms with Gasteiger partial charge in [0.05, 0.1) is 29.5 Å². The van der Waals surface area contributed by atoms with Crippen molar-refractivity contribution in [1.82, 2.24) is 0 Å². The van der Waals surface area contributed by atoms with Gasteiger partial charge in [0.15, 0.2) is 0 Å². The van der Waals surface area contributed by atoms with Crippen LogP contribution >= 0.6 is 0 Å². The van der Waals surface area contributed by atoms with E-state index >= 15 is 0 Å². The second-order valence-corrected chi connectivity index (χ2v) is 5.90. The Bertz CT molecular complexity index is 918. The maximum Gasteiger partial charge on any atom is 0.340 e. The summed E-state index contributed by atoms with van der Waals surface area (Å²) in [7, 11) is 0. The van der Waals surface area contributed by atoms with Gasteiger partial charge in [-0.15, -0.1) is 0 Å². The number of nitrogens with one attached hydrogen (secondary N) is 1. The predicted octanol–water partition coefficient (Wildman–Crippen LogP) is 3.12. The summed E-state index contributed by atoms with van der Waals surface area (Å²) in [5.41, 5.74) is 1.60. The Hall–Kier alpha value is -3.66. The lowest BCUT2D eigenvalue weighted by Gasteiger charge is -2.23. The van der Waals surface area contributed by atoms with Gasteiger partial charge >= 0.3 is 5.97 Å². The molecule has 2 rings (SSSR count). The Morgan fingerprint density at radius 1 is 1.14 bits per heavy atom. The number of nitrogens with zero attached hydrogens (tertiary/aromatic N) is 2. The molecule has 0 aliphatic rings. The second kappa shape index (κ2) is 9.88. The Kier molecular flexibility index (Phi) is 7.28. The fraction of sp³-hybridized carbons (Fsp3) is 0.238. The molecule has 0 unspecified atom stereocenters. The smallest absolute Gasteiger partial charge is 0.340 e. The number of anilines is 2. The van der Waals surface area contributed by atoms with Crippen molar-refractivity contribution < 1.29 is 19.1 Å². The number of hydrogen-bond donors (Lipinski definition) is 1. The molecule has 0 aliphatic carbocycles. The molecular formula is C21H21N3O4. The molecule has 0 heterocycles. The first-order valence-corrected chi connectivity index (χ1v) is 8.80. The molecule has 0 radical (unpaired) electrons. The van der Waals surface area contributed by atoms with Gasteiger partial charge in [-0.2, -0.15) is 5.26 Å². The molecule has 0 aliphatic heterocycles. The van der Waals surface area contributed by atoms with Crippen molar-refractivity contribution in [2.45, 2.75) is 20.3 Å². The summed E-state index contributed by atoms with van der Waals surface area (Å²) in [6.45, 7) is 3.39. The van der Waals surface area contributed by atoms with Gasteiger partial charge in [-0.25, -0.2) is 4.79 Å². The zero-order chi connectivity index (χ0) is 20.5. The number of para-hydroxylation sites is 1. The molecule has 0 bridgehead atoms. The van der Waals surface area contributed by atoms with E-state index in [9.17, 15) is 14.4 Å². The highest BCUT2D eigenvalue weighted by Gasteiger charge is 2.20. The first kappa shape index (κ1) is 20.6. The number of ether oxygens (including phenoxy) is 1. The standard InChI is InChI=1S/C21H21N3O4/c1-3-28-21(27)18-9-4-5-10-19(18)24(15(2)25)12-11-20(26)23-17-8-6-7-16(13-17)14-22/h4-10,13H,3,11-12H2,1-2H3,(H,23,26). The van der Waals surface area contributed by atoms with E-state index in [1.54, 1.807) is 55.5 Å². The van der Waals surface area contributed by atoms with Crippen LogP contribution in [-0.4, -0.2) is 30.9 Å². The maximum absolute atomic E-state index is 12.3. The molecule has 2 aromatic rings. The monoisotopic (exact) mass is 379 g/mol. The SMILES string of the molecule is CCOC(=O)c1ccccc1N(CCC(=O)Nc1cccc(C#N)c1)C(C)=O. The molecule has 144 valence electrons. The van der Waals surface area contributed by atoms with Crippen molar-refractivity contribution in [2.24, 2.45) is 0 Å². The highest BCUT2D eigenvalue weighted by molar-refractivity contribution is 6.02. The molecule has 0 fully saturated rings. The van der Waals surface area contributed by atoms with Crippen LogP contribution in [-0.2, 0) is 14.3 Å². The minimum Gasteiger partial charge on any atom is -0.462 e. The third kappa shape index (κ3) is 5.42. The van der Waals surface area contributed by atoms with Gasteiger partial charge in [0.25, 0.3) is 0 Å². The van der Waals surface area contributed by atoms with E-state index in [1.165, 1.54) is 11.8 Å². The molecule has 2 amide bonds. The molecule has 0 saturated heterocycles. The summed E-state index contributed by atoms with van der Waals surface area (Å²) >= 11 is 0. The lowest BCUT2D eigenvalue weighted by molar-refractivity contribution is -0.117. The summed E-state index contributed by atoms with van der Waals surface area (Å²) in [6, 6.07) is 15.2. The normalized spacial score (nSPS) is 9.89. The van der Waals surface area contributed by atoms with Gasteiger partial charge in [-0.3, -0.25) is 9.59 Å². The van der Waals surface area contributed by atoms with Gasteiger partial charge in [0.1, 0.15) is 0 Å². The molecule has 2 aromatic carbocycles. The number of hydrogen-bond acceptors (Lipinski definition) is 5. The van der Waals surface area contributed by atoms with Crippen LogP contribution in [0.15, 0.2) is 48.5 Å². The van der Waals surface area contributed by atoms with E-state index in [2.05, 4.69) is 5.32 Å². The van der Waals surface area contributed by atoms with Gasteiger partial charge in [0, 0.05) is 25.6 Å². The lowest BCUT2D eigenvalue weighted by atomic mass is 10.1. The molecule has 0 atom stereocenters. The fourth-order valence-corrected chi connectivity index (χ4v) is 2.64. The zero-order valence-corrected chi connectivity index (χ0v) is 15.8. The van der Waals surface area contributed by atoms with Gasteiger partial charge in [-0.05, 0) is 37.3 Å². The Balaban J connectivity index is 2.12. The summed E-state index contributed by atoms with van der Waals surface area (Å²) in [4.78, 5) is 37.9. The fourth-order valence-electron chi connectivity index (χ4n) is 2.64. The van der Waals surface area contributed by atoms with Gasteiger partial charge in [-0.1, -0.05) is 18.2 Å². The number of benzene rings is 2. The van der Waals surface area contributed by atoms with Crippen LogP contribution in [0.2, 0.25) is 0 Å². The van der Waals surface area contributed by atoms with Crippen molar-refractivity contribution in [3.8, 4) is 6.07 Å². The topological polar surface area (TPSA) is 99.5 Å². The summed E-state index contributed by atoms with van der Waals surface area (Å²) in [6.07, 6.45) is 0.0214. The number of carbonyl (C=O) groups excluding carboxylic acids is 3. The van der Waals surface area contributed by atoms with E-state index in [0.29, 0.717) is 16.9 Å². The number of rotatable bonds is 7. The summed E-state index contributed by atoms with van der Waals surface area (Å²) < 4.78 is 5.04. The average molecular weight is 379 g/mol. The minimum absolute atomic E-state index is 0.0214. The first-order chi connectivity index (χ1) is 13.5. The highest BCUT2D eigenvalue weighted by Crippen LogP contribution is 2.22. The van der Waals surface area contributed by atoms with Crippen molar-refractivity contribution in [3.63, 3.8) is 0 Å². The molecule has 0 spiro atoms.